The number of hydrogen-bond donors (Lipinski definition) is 0. The van der Waals surface area contributed by atoms with E-state index in [-0.39, 0.29) is 16.4 Å². The minimum Gasteiger partial charge on any atom is -0.288 e. The standard InChI is InChI=1S/C13H9ClFNO/c1-8-10(3-2-6-16-8)13(17)11-5-4-9(14)7-12(11)15/h2-7H,1H3. The molecule has 17 heavy (non-hydrogen) atoms. The molecule has 1 heterocycles. The molecule has 0 fully saturated rings. The molecule has 4 heteroatoms. The topological polar surface area (TPSA) is 30.0 Å². The first-order chi connectivity index (χ1) is 8.09. The zero-order valence-electron chi connectivity index (χ0n) is 9.08. The molecule has 86 valence electrons. The average molecular weight is 250 g/mol. The molecule has 1 aromatic carbocycles. The number of benzene rings is 1. The molecule has 2 aromatic rings. The van der Waals surface area contributed by atoms with Crippen LogP contribution in [0.1, 0.15) is 21.6 Å². The molecule has 0 radical (unpaired) electrons. The van der Waals surface area contributed by atoms with E-state index in [1.54, 1.807) is 25.3 Å². The SMILES string of the molecule is Cc1ncccc1C(=O)c1ccc(Cl)cc1F. The van der Waals surface area contributed by atoms with Crippen molar-refractivity contribution in [2.75, 3.05) is 0 Å². The van der Waals surface area contributed by atoms with Crippen LogP contribution in [0.4, 0.5) is 4.39 Å². The van der Waals surface area contributed by atoms with E-state index < -0.39 is 5.82 Å². The Kier molecular flexibility index (Phi) is 3.20. The molecule has 0 spiro atoms. The largest absolute Gasteiger partial charge is 0.288 e. The second-order valence-corrected chi connectivity index (χ2v) is 4.03. The van der Waals surface area contributed by atoms with Crippen LogP contribution in [-0.4, -0.2) is 10.8 Å². The van der Waals surface area contributed by atoms with Gasteiger partial charge in [-0.15, -0.1) is 0 Å². The van der Waals surface area contributed by atoms with Crippen molar-refractivity contribution in [3.05, 3.63) is 64.2 Å². The Bertz CT molecular complexity index is 583. The van der Waals surface area contributed by atoms with E-state index >= 15 is 0 Å². The van der Waals surface area contributed by atoms with Gasteiger partial charge < -0.3 is 0 Å². The van der Waals surface area contributed by atoms with E-state index in [2.05, 4.69) is 4.98 Å². The molecule has 0 bridgehead atoms. The van der Waals surface area contributed by atoms with Gasteiger partial charge in [0.1, 0.15) is 5.82 Å². The van der Waals surface area contributed by atoms with Crippen molar-refractivity contribution in [3.8, 4) is 0 Å². The van der Waals surface area contributed by atoms with Crippen molar-refractivity contribution < 1.29 is 9.18 Å². The van der Waals surface area contributed by atoms with Gasteiger partial charge in [-0.05, 0) is 37.3 Å². The number of carbonyl (C=O) groups excluding carboxylic acids is 1. The Morgan fingerprint density at radius 1 is 1.29 bits per heavy atom. The molecule has 0 unspecified atom stereocenters. The average Bonchev–Trinajstić information content (AvgIpc) is 2.29. The fourth-order valence-electron chi connectivity index (χ4n) is 1.54. The first kappa shape index (κ1) is 11.7. The summed E-state index contributed by atoms with van der Waals surface area (Å²) in [5.41, 5.74) is 0.978. The van der Waals surface area contributed by atoms with Crippen molar-refractivity contribution in [1.29, 1.82) is 0 Å². The third-order valence-electron chi connectivity index (χ3n) is 2.43. The molecule has 0 saturated heterocycles. The molecular weight excluding hydrogens is 241 g/mol. The highest BCUT2D eigenvalue weighted by Gasteiger charge is 2.16. The van der Waals surface area contributed by atoms with Crippen LogP contribution in [-0.2, 0) is 0 Å². The van der Waals surface area contributed by atoms with Crippen LogP contribution >= 0.6 is 11.6 Å². The summed E-state index contributed by atoms with van der Waals surface area (Å²) < 4.78 is 13.6. The highest BCUT2D eigenvalue weighted by molar-refractivity contribution is 6.30. The Morgan fingerprint density at radius 3 is 2.71 bits per heavy atom. The van der Waals surface area contributed by atoms with Crippen molar-refractivity contribution in [1.82, 2.24) is 4.98 Å². The Balaban J connectivity index is 2.48. The Morgan fingerprint density at radius 2 is 2.06 bits per heavy atom. The predicted octanol–water partition coefficient (Wildman–Crippen LogP) is 3.41. The van der Waals surface area contributed by atoms with Crippen molar-refractivity contribution in [3.63, 3.8) is 0 Å². The number of ketones is 1. The van der Waals surface area contributed by atoms with Crippen LogP contribution in [0.25, 0.3) is 0 Å². The highest BCUT2D eigenvalue weighted by Crippen LogP contribution is 2.18. The summed E-state index contributed by atoms with van der Waals surface area (Å²) in [6.45, 7) is 1.71. The lowest BCUT2D eigenvalue weighted by Crippen LogP contribution is -2.07. The van der Waals surface area contributed by atoms with Gasteiger partial charge in [-0.2, -0.15) is 0 Å². The fraction of sp³-hybridized carbons (Fsp3) is 0.0769. The smallest absolute Gasteiger partial charge is 0.197 e. The molecule has 0 aliphatic carbocycles. The van der Waals surface area contributed by atoms with Crippen molar-refractivity contribution in [2.45, 2.75) is 6.92 Å². The first-order valence-corrected chi connectivity index (χ1v) is 5.39. The number of pyridine rings is 1. The summed E-state index contributed by atoms with van der Waals surface area (Å²) in [6.07, 6.45) is 1.59. The number of nitrogens with zero attached hydrogens (tertiary/aromatic N) is 1. The van der Waals surface area contributed by atoms with Crippen LogP contribution in [0, 0.1) is 12.7 Å². The molecule has 0 aliphatic rings. The van der Waals surface area contributed by atoms with Crippen molar-refractivity contribution in [2.24, 2.45) is 0 Å². The van der Waals surface area contributed by atoms with Crippen LogP contribution in [0.3, 0.4) is 0 Å². The van der Waals surface area contributed by atoms with Gasteiger partial charge in [0.05, 0.1) is 5.56 Å². The summed E-state index contributed by atoms with van der Waals surface area (Å²) in [5.74, 6) is -1.00. The number of halogens is 2. The van der Waals surface area contributed by atoms with Crippen molar-refractivity contribution >= 4 is 17.4 Å². The third-order valence-corrected chi connectivity index (χ3v) is 2.66. The molecule has 1 aromatic heterocycles. The third kappa shape index (κ3) is 2.34. The second-order valence-electron chi connectivity index (χ2n) is 3.59. The molecule has 2 rings (SSSR count). The Hall–Kier alpha value is -1.74. The molecule has 0 saturated carbocycles. The summed E-state index contributed by atoms with van der Waals surface area (Å²) in [6, 6.07) is 7.27. The molecule has 0 N–H and O–H groups in total. The van der Waals surface area contributed by atoms with E-state index in [1.165, 1.54) is 12.1 Å². The summed E-state index contributed by atoms with van der Waals surface area (Å²) >= 11 is 5.64. The second kappa shape index (κ2) is 4.63. The number of aryl methyl sites for hydroxylation is 1. The zero-order chi connectivity index (χ0) is 12.4. The maximum absolute atomic E-state index is 13.6. The summed E-state index contributed by atoms with van der Waals surface area (Å²) in [4.78, 5) is 16.1. The maximum Gasteiger partial charge on any atom is 0.197 e. The van der Waals surface area contributed by atoms with Crippen LogP contribution in [0.15, 0.2) is 36.5 Å². The minimum absolute atomic E-state index is 0.00509. The van der Waals surface area contributed by atoms with Gasteiger partial charge in [-0.3, -0.25) is 9.78 Å². The zero-order valence-corrected chi connectivity index (χ0v) is 9.83. The molecule has 2 nitrogen and oxygen atoms in total. The first-order valence-electron chi connectivity index (χ1n) is 5.01. The normalized spacial score (nSPS) is 10.3. The van der Waals surface area contributed by atoms with E-state index in [0.717, 1.165) is 6.07 Å². The van der Waals surface area contributed by atoms with Gasteiger partial charge in [-0.1, -0.05) is 11.6 Å². The summed E-state index contributed by atoms with van der Waals surface area (Å²) in [7, 11) is 0. The molecule has 0 atom stereocenters. The highest BCUT2D eigenvalue weighted by atomic mass is 35.5. The lowest BCUT2D eigenvalue weighted by Gasteiger charge is -2.05. The van der Waals surface area contributed by atoms with Gasteiger partial charge >= 0.3 is 0 Å². The minimum atomic E-state index is -0.620. The van der Waals surface area contributed by atoms with Crippen LogP contribution < -0.4 is 0 Å². The predicted molar refractivity (Wildman–Crippen MR) is 63.8 cm³/mol. The van der Waals surface area contributed by atoms with Gasteiger partial charge in [-0.25, -0.2) is 4.39 Å². The monoisotopic (exact) mass is 249 g/mol. The number of aromatic nitrogens is 1. The van der Waals surface area contributed by atoms with Gasteiger partial charge in [0.15, 0.2) is 5.78 Å². The molecule has 0 amide bonds. The quantitative estimate of drug-likeness (QED) is 0.764. The van der Waals surface area contributed by atoms with E-state index in [0.29, 0.717) is 11.3 Å². The van der Waals surface area contributed by atoms with Crippen LogP contribution in [0.2, 0.25) is 5.02 Å². The number of rotatable bonds is 2. The maximum atomic E-state index is 13.6. The number of hydrogen-bond acceptors (Lipinski definition) is 2. The van der Waals surface area contributed by atoms with E-state index in [1.807, 2.05) is 0 Å². The lowest BCUT2D eigenvalue weighted by molar-refractivity contribution is 0.103. The van der Waals surface area contributed by atoms with E-state index in [4.69, 9.17) is 11.6 Å². The molecule has 0 aliphatic heterocycles. The fourth-order valence-corrected chi connectivity index (χ4v) is 1.70. The Labute approximate surface area is 103 Å². The van der Waals surface area contributed by atoms with Crippen LogP contribution in [0.5, 0.6) is 0 Å². The van der Waals surface area contributed by atoms with E-state index in [9.17, 15) is 9.18 Å². The lowest BCUT2D eigenvalue weighted by atomic mass is 10.0. The van der Waals surface area contributed by atoms with Gasteiger partial charge in [0.2, 0.25) is 0 Å². The molecular formula is C13H9ClFNO. The van der Waals surface area contributed by atoms with Gasteiger partial charge in [0.25, 0.3) is 0 Å². The summed E-state index contributed by atoms with van der Waals surface area (Å²) in [5, 5.41) is 0.266. The van der Waals surface area contributed by atoms with Gasteiger partial charge in [0, 0.05) is 22.5 Å². The number of carbonyl (C=O) groups is 1.